The van der Waals surface area contributed by atoms with E-state index in [-0.39, 0.29) is 19.4 Å². The molecular weight excluding hydrogens is 799 g/mol. The normalized spacial score (nSPS) is 15.6. The maximum atomic E-state index is 12.6. The van der Waals surface area contributed by atoms with Gasteiger partial charge in [-0.1, -0.05) is 184 Å². The zero-order valence-electron chi connectivity index (χ0n) is 37.7. The summed E-state index contributed by atoms with van der Waals surface area (Å²) in [5.74, 6) is -0.281. The molecule has 13 heteroatoms. The van der Waals surface area contributed by atoms with Gasteiger partial charge >= 0.3 is 19.8 Å². The van der Waals surface area contributed by atoms with Crippen molar-refractivity contribution in [2.45, 2.75) is 186 Å². The summed E-state index contributed by atoms with van der Waals surface area (Å²) in [6.45, 7) is 4.32. The van der Waals surface area contributed by atoms with Crippen molar-refractivity contribution in [2.24, 2.45) is 5.92 Å². The van der Waals surface area contributed by atoms with Crippen molar-refractivity contribution in [1.82, 2.24) is 0 Å². The van der Waals surface area contributed by atoms with Gasteiger partial charge in [-0.15, -0.1) is 0 Å². The topological polar surface area (TPSA) is 189 Å². The monoisotopic (exact) mass is 883 g/mol. The lowest BCUT2D eigenvalue weighted by Gasteiger charge is -2.20. The summed E-state index contributed by atoms with van der Waals surface area (Å²) in [5, 5.41) is 38.3. The van der Waals surface area contributed by atoms with E-state index in [2.05, 4.69) is 18.4 Å². The number of ether oxygens (including phenoxy) is 2. The summed E-state index contributed by atoms with van der Waals surface area (Å²) in [6.07, 6.45) is 39.5. The molecule has 61 heavy (non-hydrogen) atoms. The largest absolute Gasteiger partial charge is 0.472 e. The predicted octanol–water partition coefficient (Wildman–Crippen LogP) is 10.2. The lowest BCUT2D eigenvalue weighted by atomic mass is 10.0. The number of allylic oxidation sites excluding steroid dienone is 8. The second-order valence-electron chi connectivity index (χ2n) is 15.9. The van der Waals surface area contributed by atoms with E-state index in [9.17, 15) is 34.4 Å². The third-order valence-corrected chi connectivity index (χ3v) is 10.4. The number of rotatable bonds is 41. The Morgan fingerprint density at radius 1 is 0.607 bits per heavy atom. The van der Waals surface area contributed by atoms with Crippen molar-refractivity contribution in [2.75, 3.05) is 26.4 Å². The molecule has 5 atom stereocenters. The van der Waals surface area contributed by atoms with Gasteiger partial charge in [0.2, 0.25) is 0 Å². The van der Waals surface area contributed by atoms with Crippen molar-refractivity contribution in [1.29, 1.82) is 0 Å². The highest BCUT2D eigenvalue weighted by molar-refractivity contribution is 7.47. The first kappa shape index (κ1) is 58.3. The fourth-order valence-corrected chi connectivity index (χ4v) is 6.70. The Hall–Kier alpha value is -2.67. The molecule has 12 nitrogen and oxygen atoms in total. The van der Waals surface area contributed by atoms with E-state index in [0.717, 1.165) is 31.6 Å². The number of esters is 2. The molecule has 0 bridgehead atoms. The molecule has 0 aromatic rings. The molecule has 0 rings (SSSR count). The van der Waals surface area contributed by atoms with E-state index in [1.165, 1.54) is 70.6 Å². The summed E-state index contributed by atoms with van der Waals surface area (Å²) in [6, 6.07) is 0. The summed E-state index contributed by atoms with van der Waals surface area (Å²) in [7, 11) is -4.67. The van der Waals surface area contributed by atoms with Gasteiger partial charge in [0.05, 0.1) is 32.0 Å². The molecule has 0 spiro atoms. The SMILES string of the molecule is CC/C=C\C[C@H](O)/C=C/C=C\C=C\[C@H](O)C/C=C\C/C=C\CCC(=O)O[C@H](COC(=O)CCCCCCCCCCCCCCCCC(C)C)COP(=O)(O)OC[C@@H](O)CO. The van der Waals surface area contributed by atoms with Gasteiger partial charge < -0.3 is 34.8 Å². The summed E-state index contributed by atoms with van der Waals surface area (Å²) in [5.41, 5.74) is 0. The van der Waals surface area contributed by atoms with Crippen LogP contribution < -0.4 is 0 Å². The van der Waals surface area contributed by atoms with E-state index in [0.29, 0.717) is 32.1 Å². The first-order valence-electron chi connectivity index (χ1n) is 23.0. The first-order chi connectivity index (χ1) is 29.4. The predicted molar refractivity (Wildman–Crippen MR) is 245 cm³/mol. The maximum absolute atomic E-state index is 12.6. The minimum absolute atomic E-state index is 0.000396. The summed E-state index contributed by atoms with van der Waals surface area (Å²) in [4.78, 5) is 35.0. The molecule has 352 valence electrons. The van der Waals surface area contributed by atoms with Crippen LogP contribution in [0.2, 0.25) is 0 Å². The van der Waals surface area contributed by atoms with Gasteiger partial charge in [0, 0.05) is 12.8 Å². The molecule has 0 radical (unpaired) electrons. The number of carbonyl (C=O) groups excluding carboxylic acids is 2. The van der Waals surface area contributed by atoms with Crippen LogP contribution in [0.3, 0.4) is 0 Å². The Balaban J connectivity index is 4.50. The quantitative estimate of drug-likeness (QED) is 0.0129. The minimum atomic E-state index is -4.67. The fourth-order valence-electron chi connectivity index (χ4n) is 5.91. The number of phosphoric ester groups is 1. The smallest absolute Gasteiger partial charge is 0.462 e. The Morgan fingerprint density at radius 3 is 1.66 bits per heavy atom. The molecular formula is C48H83O12P. The molecule has 0 aromatic heterocycles. The molecule has 0 saturated carbocycles. The van der Waals surface area contributed by atoms with Gasteiger partial charge in [-0.05, 0) is 44.4 Å². The second-order valence-corrected chi connectivity index (χ2v) is 17.4. The number of hydrogen-bond acceptors (Lipinski definition) is 11. The van der Waals surface area contributed by atoms with E-state index < -0.39 is 64.0 Å². The van der Waals surface area contributed by atoms with Crippen LogP contribution in [-0.2, 0) is 32.7 Å². The van der Waals surface area contributed by atoms with Crippen LogP contribution in [-0.4, -0.2) is 88.1 Å². The van der Waals surface area contributed by atoms with E-state index in [4.69, 9.17) is 19.1 Å². The average molecular weight is 883 g/mol. The zero-order chi connectivity index (χ0) is 45.2. The Bertz CT molecular complexity index is 1290. The molecule has 1 unspecified atom stereocenters. The maximum Gasteiger partial charge on any atom is 0.472 e. The number of carbonyl (C=O) groups is 2. The van der Waals surface area contributed by atoms with Crippen LogP contribution in [0.25, 0.3) is 0 Å². The van der Waals surface area contributed by atoms with Crippen molar-refractivity contribution >= 4 is 19.8 Å². The van der Waals surface area contributed by atoms with Gasteiger partial charge in [-0.2, -0.15) is 0 Å². The van der Waals surface area contributed by atoms with Crippen LogP contribution in [0.5, 0.6) is 0 Å². The van der Waals surface area contributed by atoms with Gasteiger partial charge in [0.15, 0.2) is 6.10 Å². The van der Waals surface area contributed by atoms with Crippen LogP contribution in [0, 0.1) is 5.92 Å². The first-order valence-corrected chi connectivity index (χ1v) is 24.5. The Morgan fingerprint density at radius 2 is 1.11 bits per heavy atom. The fraction of sp³-hybridized carbons (Fsp3) is 0.708. The third kappa shape index (κ3) is 42.4. The Labute approximate surface area is 368 Å². The van der Waals surface area contributed by atoms with Crippen LogP contribution >= 0.6 is 7.82 Å². The lowest BCUT2D eigenvalue weighted by Crippen LogP contribution is -2.29. The Kier molecular flexibility index (Phi) is 39.5. The van der Waals surface area contributed by atoms with Crippen molar-refractivity contribution in [3.05, 3.63) is 72.9 Å². The van der Waals surface area contributed by atoms with E-state index >= 15 is 0 Å². The van der Waals surface area contributed by atoms with Crippen molar-refractivity contribution < 1.29 is 58.0 Å². The van der Waals surface area contributed by atoms with Gasteiger partial charge in [-0.3, -0.25) is 18.6 Å². The number of aliphatic hydroxyl groups excluding tert-OH is 4. The highest BCUT2D eigenvalue weighted by Crippen LogP contribution is 2.43. The number of aliphatic hydroxyl groups is 4. The average Bonchev–Trinajstić information content (AvgIpc) is 3.22. The molecule has 5 N–H and O–H groups in total. The van der Waals surface area contributed by atoms with Crippen LogP contribution in [0.4, 0.5) is 0 Å². The summed E-state index contributed by atoms with van der Waals surface area (Å²) < 4.78 is 32.6. The second kappa shape index (κ2) is 41.3. The highest BCUT2D eigenvalue weighted by Gasteiger charge is 2.27. The van der Waals surface area contributed by atoms with Crippen LogP contribution in [0.1, 0.15) is 162 Å². The van der Waals surface area contributed by atoms with Crippen LogP contribution in [0.15, 0.2) is 72.9 Å². The summed E-state index contributed by atoms with van der Waals surface area (Å²) >= 11 is 0. The van der Waals surface area contributed by atoms with E-state index in [1.807, 2.05) is 43.4 Å². The van der Waals surface area contributed by atoms with Gasteiger partial charge in [-0.25, -0.2) is 4.57 Å². The van der Waals surface area contributed by atoms with Crippen molar-refractivity contribution in [3.8, 4) is 0 Å². The standard InChI is InChI=1S/C48H83O12P/c1-4-5-24-32-43(50)34-27-22-23-28-35-44(51)33-26-19-16-17-21-30-37-48(54)60-46(41-59-61(55,56)58-39-45(52)38-49)40-57-47(53)36-29-20-15-13-11-9-7-6-8-10-12-14-18-25-31-42(2)3/h5,17,19,21-24,26-28,34-35,42-46,49-52H,4,6-16,18,20,25,29-33,36-41H2,1-3H3,(H,55,56)/b21-17-,23-22-,24-5-,26-19-,34-27+,35-28+/t43-,44+,45-,46+/m0/s1. The molecule has 0 aromatic carbocycles. The van der Waals surface area contributed by atoms with E-state index in [1.54, 1.807) is 36.5 Å². The molecule has 0 aliphatic rings. The van der Waals surface area contributed by atoms with Gasteiger partial charge in [0.1, 0.15) is 12.7 Å². The van der Waals surface area contributed by atoms with Gasteiger partial charge in [0.25, 0.3) is 0 Å². The highest BCUT2D eigenvalue weighted by atomic mass is 31.2. The number of phosphoric acid groups is 1. The molecule has 0 aliphatic carbocycles. The molecule has 0 amide bonds. The number of unbranched alkanes of at least 4 members (excludes halogenated alkanes) is 13. The molecule has 0 heterocycles. The molecule has 0 fully saturated rings. The minimum Gasteiger partial charge on any atom is -0.462 e. The zero-order valence-corrected chi connectivity index (χ0v) is 38.6. The molecule has 0 aliphatic heterocycles. The van der Waals surface area contributed by atoms with Crippen molar-refractivity contribution in [3.63, 3.8) is 0 Å². The lowest BCUT2D eigenvalue weighted by molar-refractivity contribution is -0.161. The third-order valence-electron chi connectivity index (χ3n) is 9.48. The number of hydrogen-bond donors (Lipinski definition) is 5. The molecule has 0 saturated heterocycles.